The predicted molar refractivity (Wildman–Crippen MR) is 86.7 cm³/mol. The molecule has 1 aromatic heterocycles. The first-order valence-corrected chi connectivity index (χ1v) is 7.92. The van der Waals surface area contributed by atoms with Crippen molar-refractivity contribution < 1.29 is 4.79 Å². The molecule has 2 rings (SSSR count). The van der Waals surface area contributed by atoms with Gasteiger partial charge in [0.2, 0.25) is 0 Å². The summed E-state index contributed by atoms with van der Waals surface area (Å²) in [7, 11) is 0. The van der Waals surface area contributed by atoms with Crippen molar-refractivity contribution >= 4 is 22.8 Å². The molecule has 3 heteroatoms. The molecule has 1 aromatic carbocycles. The fourth-order valence-corrected chi connectivity index (χ4v) is 2.97. The van der Waals surface area contributed by atoms with Crippen molar-refractivity contribution in [1.29, 1.82) is 0 Å². The fourth-order valence-electron chi connectivity index (χ4n) is 2.27. The van der Waals surface area contributed by atoms with Crippen molar-refractivity contribution in [3.8, 4) is 0 Å². The third kappa shape index (κ3) is 3.28. The third-order valence-electron chi connectivity index (χ3n) is 3.36. The minimum atomic E-state index is 0.206. The lowest BCUT2D eigenvalue weighted by Crippen LogP contribution is -2.31. The first kappa shape index (κ1) is 14.8. The van der Waals surface area contributed by atoms with Crippen molar-refractivity contribution in [1.82, 2.24) is 0 Å². The van der Waals surface area contributed by atoms with Gasteiger partial charge in [-0.15, -0.1) is 11.3 Å². The summed E-state index contributed by atoms with van der Waals surface area (Å²) in [6, 6.07) is 12.5. The van der Waals surface area contributed by atoms with Gasteiger partial charge in [0.05, 0.1) is 6.54 Å². The Bertz CT molecular complexity index is 560. The van der Waals surface area contributed by atoms with Crippen LogP contribution < -0.4 is 4.90 Å². The van der Waals surface area contributed by atoms with E-state index in [9.17, 15) is 4.79 Å². The lowest BCUT2D eigenvalue weighted by atomic mass is 10.0. The van der Waals surface area contributed by atoms with E-state index in [2.05, 4.69) is 42.3 Å². The summed E-state index contributed by atoms with van der Waals surface area (Å²) in [5.74, 6) is 0.206. The molecule has 0 aliphatic heterocycles. The highest BCUT2D eigenvalue weighted by atomic mass is 32.1. The normalized spacial score (nSPS) is 10.8. The number of hydrogen-bond acceptors (Lipinski definition) is 3. The zero-order valence-corrected chi connectivity index (χ0v) is 13.1. The third-order valence-corrected chi connectivity index (χ3v) is 4.23. The summed E-state index contributed by atoms with van der Waals surface area (Å²) in [6.45, 7) is 7.10. The topological polar surface area (TPSA) is 20.3 Å². The molecule has 0 N–H and O–H groups in total. The van der Waals surface area contributed by atoms with Gasteiger partial charge in [0.25, 0.3) is 0 Å². The van der Waals surface area contributed by atoms with Gasteiger partial charge in [-0.25, -0.2) is 0 Å². The molecule has 0 radical (unpaired) electrons. The smallest absolute Gasteiger partial charge is 0.164 e. The fraction of sp³-hybridized carbons (Fsp3) is 0.353. The SMILES string of the molecule is CCC(=O)c1ccccc1N(Cc1cccs1)C(C)C. The number of para-hydroxylation sites is 1. The average Bonchev–Trinajstić information content (AvgIpc) is 2.96. The van der Waals surface area contributed by atoms with Crippen LogP contribution >= 0.6 is 11.3 Å². The van der Waals surface area contributed by atoms with Crippen LogP contribution in [0.2, 0.25) is 0 Å². The van der Waals surface area contributed by atoms with E-state index in [4.69, 9.17) is 0 Å². The van der Waals surface area contributed by atoms with Crippen LogP contribution in [0.4, 0.5) is 5.69 Å². The van der Waals surface area contributed by atoms with Gasteiger partial charge < -0.3 is 4.90 Å². The number of anilines is 1. The quantitative estimate of drug-likeness (QED) is 0.714. The highest BCUT2D eigenvalue weighted by Crippen LogP contribution is 2.26. The summed E-state index contributed by atoms with van der Waals surface area (Å²) < 4.78 is 0. The molecule has 0 atom stereocenters. The summed E-state index contributed by atoms with van der Waals surface area (Å²) >= 11 is 1.76. The molecular weight excluding hydrogens is 266 g/mol. The number of carbonyl (C=O) groups is 1. The van der Waals surface area contributed by atoms with Crippen molar-refractivity contribution in [2.24, 2.45) is 0 Å². The summed E-state index contributed by atoms with van der Waals surface area (Å²) in [6.07, 6.45) is 0.544. The highest BCUT2D eigenvalue weighted by Gasteiger charge is 2.18. The van der Waals surface area contributed by atoms with Crippen LogP contribution in [-0.4, -0.2) is 11.8 Å². The zero-order valence-electron chi connectivity index (χ0n) is 12.3. The van der Waals surface area contributed by atoms with Gasteiger partial charge in [0, 0.05) is 28.6 Å². The van der Waals surface area contributed by atoms with Crippen LogP contribution in [0.15, 0.2) is 41.8 Å². The number of ketones is 1. The van der Waals surface area contributed by atoms with Crippen LogP contribution in [0.1, 0.15) is 42.4 Å². The van der Waals surface area contributed by atoms with Crippen molar-refractivity contribution in [3.05, 3.63) is 52.2 Å². The molecule has 0 bridgehead atoms. The predicted octanol–water partition coefficient (Wildman–Crippen LogP) is 4.76. The molecule has 0 spiro atoms. The molecule has 20 heavy (non-hydrogen) atoms. The number of thiophene rings is 1. The van der Waals surface area contributed by atoms with Gasteiger partial charge in [-0.05, 0) is 37.4 Å². The maximum absolute atomic E-state index is 12.1. The van der Waals surface area contributed by atoms with E-state index >= 15 is 0 Å². The minimum Gasteiger partial charge on any atom is -0.363 e. The van der Waals surface area contributed by atoms with E-state index in [-0.39, 0.29) is 5.78 Å². The van der Waals surface area contributed by atoms with Crippen LogP contribution in [0.25, 0.3) is 0 Å². The Kier molecular flexibility index (Phi) is 4.96. The lowest BCUT2D eigenvalue weighted by Gasteiger charge is -2.30. The average molecular weight is 287 g/mol. The Labute approximate surface area is 125 Å². The number of nitrogens with zero attached hydrogens (tertiary/aromatic N) is 1. The Balaban J connectivity index is 2.37. The first-order chi connectivity index (χ1) is 9.63. The molecule has 0 aliphatic carbocycles. The van der Waals surface area contributed by atoms with Gasteiger partial charge >= 0.3 is 0 Å². The highest BCUT2D eigenvalue weighted by molar-refractivity contribution is 7.09. The lowest BCUT2D eigenvalue weighted by molar-refractivity contribution is 0.0988. The molecule has 0 saturated heterocycles. The molecular formula is C17H21NOS. The minimum absolute atomic E-state index is 0.206. The molecule has 106 valence electrons. The standard InChI is InChI=1S/C17H21NOS/c1-4-17(19)15-9-5-6-10-16(15)18(13(2)3)12-14-8-7-11-20-14/h5-11,13H,4,12H2,1-3H3. The Morgan fingerprint density at radius 2 is 1.95 bits per heavy atom. The van der Waals surface area contributed by atoms with Gasteiger partial charge in [0.1, 0.15) is 0 Å². The summed E-state index contributed by atoms with van der Waals surface area (Å²) in [5, 5.41) is 2.09. The maximum atomic E-state index is 12.1. The van der Waals surface area contributed by atoms with Gasteiger partial charge in [0.15, 0.2) is 5.78 Å². The van der Waals surface area contributed by atoms with Crippen LogP contribution in [-0.2, 0) is 6.54 Å². The molecule has 0 aliphatic rings. The van der Waals surface area contributed by atoms with Gasteiger partial charge in [-0.1, -0.05) is 25.1 Å². The van der Waals surface area contributed by atoms with Crippen LogP contribution in [0.5, 0.6) is 0 Å². The van der Waals surface area contributed by atoms with Crippen molar-refractivity contribution in [2.75, 3.05) is 4.90 Å². The first-order valence-electron chi connectivity index (χ1n) is 7.04. The van der Waals surface area contributed by atoms with E-state index in [0.29, 0.717) is 12.5 Å². The molecule has 0 saturated carbocycles. The van der Waals surface area contributed by atoms with E-state index in [1.54, 1.807) is 11.3 Å². The number of rotatable bonds is 6. The Hall–Kier alpha value is -1.61. The molecule has 0 amide bonds. The van der Waals surface area contributed by atoms with Gasteiger partial charge in [-0.3, -0.25) is 4.79 Å². The largest absolute Gasteiger partial charge is 0.363 e. The van der Waals surface area contributed by atoms with Crippen molar-refractivity contribution in [2.45, 2.75) is 39.8 Å². The molecule has 0 fully saturated rings. The molecule has 0 unspecified atom stereocenters. The number of benzene rings is 1. The van der Waals surface area contributed by atoms with E-state index in [0.717, 1.165) is 17.8 Å². The van der Waals surface area contributed by atoms with Crippen LogP contribution in [0, 0.1) is 0 Å². The number of carbonyl (C=O) groups excluding carboxylic acids is 1. The van der Waals surface area contributed by atoms with E-state index < -0.39 is 0 Å². The molecule has 1 heterocycles. The second kappa shape index (κ2) is 6.71. The second-order valence-corrected chi connectivity index (χ2v) is 6.13. The van der Waals surface area contributed by atoms with Crippen molar-refractivity contribution in [3.63, 3.8) is 0 Å². The zero-order chi connectivity index (χ0) is 14.5. The summed E-state index contributed by atoms with van der Waals surface area (Å²) in [5.41, 5.74) is 1.88. The maximum Gasteiger partial charge on any atom is 0.164 e. The molecule has 2 nitrogen and oxygen atoms in total. The van der Waals surface area contributed by atoms with Gasteiger partial charge in [-0.2, -0.15) is 0 Å². The Morgan fingerprint density at radius 1 is 1.20 bits per heavy atom. The second-order valence-electron chi connectivity index (χ2n) is 5.09. The molecule has 2 aromatic rings. The number of hydrogen-bond donors (Lipinski definition) is 0. The van der Waals surface area contributed by atoms with E-state index in [1.165, 1.54) is 4.88 Å². The number of Topliss-reactive ketones (excluding diaryl/α,β-unsaturated/α-hetero) is 1. The monoisotopic (exact) mass is 287 g/mol. The van der Waals surface area contributed by atoms with E-state index in [1.807, 2.05) is 25.1 Å². The summed E-state index contributed by atoms with van der Waals surface area (Å²) in [4.78, 5) is 15.8. The Morgan fingerprint density at radius 3 is 2.55 bits per heavy atom. The van der Waals surface area contributed by atoms with Crippen LogP contribution in [0.3, 0.4) is 0 Å².